The predicted molar refractivity (Wildman–Crippen MR) is 119 cm³/mol. The monoisotopic (exact) mass is 456 g/mol. The van der Waals surface area contributed by atoms with Gasteiger partial charge in [0.05, 0.1) is 22.0 Å². The van der Waals surface area contributed by atoms with E-state index in [2.05, 4.69) is 4.98 Å². The highest BCUT2D eigenvalue weighted by atomic mass is 35.5. The van der Waals surface area contributed by atoms with Crippen LogP contribution < -0.4 is 0 Å². The van der Waals surface area contributed by atoms with E-state index in [1.807, 2.05) is 31.2 Å². The molecule has 0 unspecified atom stereocenters. The minimum Gasteiger partial charge on any atom is -0.333 e. The van der Waals surface area contributed by atoms with Crippen molar-refractivity contribution < 1.29 is 13.2 Å². The third kappa shape index (κ3) is 4.39. The van der Waals surface area contributed by atoms with Gasteiger partial charge >= 0.3 is 0 Å². The number of aromatic nitrogens is 1. The maximum atomic E-state index is 13.1. The third-order valence-corrected chi connectivity index (χ3v) is 7.20. The lowest BCUT2D eigenvalue weighted by Gasteiger charge is -2.39. The lowest BCUT2D eigenvalue weighted by atomic mass is 10.1. The average molecular weight is 457 g/mol. The van der Waals surface area contributed by atoms with Crippen molar-refractivity contribution >= 4 is 39.2 Å². The lowest BCUT2D eigenvalue weighted by molar-refractivity contribution is 0.0591. The molecule has 9 heteroatoms. The van der Waals surface area contributed by atoms with E-state index < -0.39 is 10.0 Å². The van der Waals surface area contributed by atoms with Gasteiger partial charge in [-0.3, -0.25) is 9.78 Å². The normalized spacial score (nSPS) is 17.0. The molecule has 160 valence electrons. The van der Waals surface area contributed by atoms with E-state index in [-0.39, 0.29) is 42.3 Å². The standard InChI is InChI=1S/C22H20N4O3S.ClH/c1-16-15-25(30(28,29)20-8-4-17(14-23)5-9-20)11-12-26(16)22(27)19-7-6-18-3-2-10-24-21(18)13-19;/h2-10,13,16H,11-12,15H2,1H3;1H/t16-;/m0./s1. The summed E-state index contributed by atoms with van der Waals surface area (Å²) in [5.41, 5.74) is 1.69. The van der Waals surface area contributed by atoms with Crippen LogP contribution in [0.1, 0.15) is 22.8 Å². The van der Waals surface area contributed by atoms with Crippen molar-refractivity contribution in [2.45, 2.75) is 17.9 Å². The summed E-state index contributed by atoms with van der Waals surface area (Å²) in [6.45, 7) is 2.57. The first kappa shape index (κ1) is 22.7. The van der Waals surface area contributed by atoms with Crippen LogP contribution in [0.25, 0.3) is 10.9 Å². The average Bonchev–Trinajstić information content (AvgIpc) is 2.78. The SMILES string of the molecule is C[C@H]1CN(S(=O)(=O)c2ccc(C#N)cc2)CCN1C(=O)c1ccc2cccnc2c1.Cl. The molecule has 1 aromatic heterocycles. The summed E-state index contributed by atoms with van der Waals surface area (Å²) in [5.74, 6) is -0.134. The summed E-state index contributed by atoms with van der Waals surface area (Å²) >= 11 is 0. The van der Waals surface area contributed by atoms with Crippen LogP contribution in [-0.2, 0) is 10.0 Å². The molecule has 2 heterocycles. The van der Waals surface area contributed by atoms with Gasteiger partial charge in [-0.25, -0.2) is 8.42 Å². The van der Waals surface area contributed by atoms with E-state index in [0.29, 0.717) is 17.7 Å². The number of nitriles is 1. The minimum absolute atomic E-state index is 0. The van der Waals surface area contributed by atoms with Crippen molar-refractivity contribution in [2.24, 2.45) is 0 Å². The summed E-state index contributed by atoms with van der Waals surface area (Å²) in [4.78, 5) is 19.2. The van der Waals surface area contributed by atoms with Gasteiger partial charge in [0.25, 0.3) is 5.91 Å². The highest BCUT2D eigenvalue weighted by molar-refractivity contribution is 7.89. The van der Waals surface area contributed by atoms with Gasteiger partial charge in [-0.2, -0.15) is 9.57 Å². The van der Waals surface area contributed by atoms with Crippen LogP contribution >= 0.6 is 12.4 Å². The molecule has 0 radical (unpaired) electrons. The highest BCUT2D eigenvalue weighted by Gasteiger charge is 2.34. The van der Waals surface area contributed by atoms with Crippen LogP contribution in [-0.4, -0.2) is 54.2 Å². The summed E-state index contributed by atoms with van der Waals surface area (Å²) < 4.78 is 27.3. The van der Waals surface area contributed by atoms with E-state index in [1.165, 1.54) is 28.6 Å². The maximum Gasteiger partial charge on any atom is 0.254 e. The van der Waals surface area contributed by atoms with E-state index >= 15 is 0 Å². The fourth-order valence-electron chi connectivity index (χ4n) is 3.66. The van der Waals surface area contributed by atoms with Crippen molar-refractivity contribution in [1.29, 1.82) is 5.26 Å². The van der Waals surface area contributed by atoms with E-state index in [4.69, 9.17) is 5.26 Å². The van der Waals surface area contributed by atoms with E-state index in [0.717, 1.165) is 10.9 Å². The molecule has 0 N–H and O–H groups in total. The summed E-state index contributed by atoms with van der Waals surface area (Å²) in [6, 6.07) is 16.8. The molecule has 0 aliphatic carbocycles. The van der Waals surface area contributed by atoms with Gasteiger partial charge in [-0.15, -0.1) is 12.4 Å². The Morgan fingerprint density at radius 1 is 1.13 bits per heavy atom. The molecule has 2 aromatic carbocycles. The zero-order valence-corrected chi connectivity index (χ0v) is 18.4. The second-order valence-corrected chi connectivity index (χ2v) is 9.20. The third-order valence-electron chi connectivity index (χ3n) is 5.33. The molecule has 0 bridgehead atoms. The molecule has 1 fully saturated rings. The summed E-state index contributed by atoms with van der Waals surface area (Å²) in [5, 5.41) is 9.86. The Morgan fingerprint density at radius 3 is 2.55 bits per heavy atom. The lowest BCUT2D eigenvalue weighted by Crippen LogP contribution is -2.55. The zero-order valence-electron chi connectivity index (χ0n) is 16.8. The topological polar surface area (TPSA) is 94.4 Å². The van der Waals surface area contributed by atoms with Crippen LogP contribution in [0.3, 0.4) is 0 Å². The first-order valence-corrected chi connectivity index (χ1v) is 11.0. The van der Waals surface area contributed by atoms with Crippen LogP contribution in [0.2, 0.25) is 0 Å². The van der Waals surface area contributed by atoms with Gasteiger partial charge in [0, 0.05) is 42.8 Å². The molecular formula is C22H21ClN4O3S. The van der Waals surface area contributed by atoms with Crippen LogP contribution in [0, 0.1) is 11.3 Å². The fourth-order valence-corrected chi connectivity index (χ4v) is 5.17. The summed E-state index contributed by atoms with van der Waals surface area (Å²) in [7, 11) is -3.69. The van der Waals surface area contributed by atoms with Crippen molar-refractivity contribution in [3.63, 3.8) is 0 Å². The van der Waals surface area contributed by atoms with Crippen molar-refractivity contribution in [3.8, 4) is 6.07 Å². The molecule has 31 heavy (non-hydrogen) atoms. The second-order valence-electron chi connectivity index (χ2n) is 7.26. The van der Waals surface area contributed by atoms with Gasteiger partial charge in [0.2, 0.25) is 10.0 Å². The minimum atomic E-state index is -3.69. The molecular weight excluding hydrogens is 436 g/mol. The number of rotatable bonds is 3. The zero-order chi connectivity index (χ0) is 21.3. The summed E-state index contributed by atoms with van der Waals surface area (Å²) in [6.07, 6.45) is 1.69. The number of fused-ring (bicyclic) bond motifs is 1. The Kier molecular flexibility index (Phi) is 6.60. The van der Waals surface area contributed by atoms with Gasteiger partial charge in [-0.1, -0.05) is 12.1 Å². The van der Waals surface area contributed by atoms with Crippen molar-refractivity contribution in [3.05, 3.63) is 71.9 Å². The number of hydrogen-bond donors (Lipinski definition) is 0. The molecule has 3 aromatic rings. The largest absolute Gasteiger partial charge is 0.333 e. The van der Waals surface area contributed by atoms with Crippen molar-refractivity contribution in [1.82, 2.24) is 14.2 Å². The first-order valence-electron chi connectivity index (χ1n) is 9.56. The highest BCUT2D eigenvalue weighted by Crippen LogP contribution is 2.22. The Hall–Kier alpha value is -2.99. The number of halogens is 1. The molecule has 0 spiro atoms. The first-order chi connectivity index (χ1) is 14.4. The Bertz CT molecular complexity index is 1260. The molecule has 4 rings (SSSR count). The predicted octanol–water partition coefficient (Wildman–Crippen LogP) is 3.06. The molecule has 1 amide bonds. The second kappa shape index (κ2) is 9.02. The van der Waals surface area contributed by atoms with E-state index in [1.54, 1.807) is 23.2 Å². The van der Waals surface area contributed by atoms with Crippen LogP contribution in [0.15, 0.2) is 65.7 Å². The van der Waals surface area contributed by atoms with Gasteiger partial charge in [0.1, 0.15) is 0 Å². The number of amides is 1. The molecule has 1 aliphatic heterocycles. The molecule has 1 saturated heterocycles. The number of carbonyl (C=O) groups is 1. The Labute approximate surface area is 187 Å². The molecule has 0 saturated carbocycles. The van der Waals surface area contributed by atoms with Gasteiger partial charge < -0.3 is 4.90 Å². The number of nitrogens with zero attached hydrogens (tertiary/aromatic N) is 4. The number of carbonyl (C=O) groups excluding carboxylic acids is 1. The van der Waals surface area contributed by atoms with Crippen LogP contribution in [0.5, 0.6) is 0 Å². The maximum absolute atomic E-state index is 13.1. The number of pyridine rings is 1. The van der Waals surface area contributed by atoms with E-state index in [9.17, 15) is 13.2 Å². The number of benzene rings is 2. The number of hydrogen-bond acceptors (Lipinski definition) is 5. The van der Waals surface area contributed by atoms with Crippen LogP contribution in [0.4, 0.5) is 0 Å². The quantitative estimate of drug-likeness (QED) is 0.603. The van der Waals surface area contributed by atoms with Gasteiger partial charge in [0.15, 0.2) is 0 Å². The fraction of sp³-hybridized carbons (Fsp3) is 0.227. The number of piperazine rings is 1. The molecule has 7 nitrogen and oxygen atoms in total. The molecule has 1 atom stereocenters. The Morgan fingerprint density at radius 2 is 1.87 bits per heavy atom. The Balaban J connectivity index is 0.00000272. The smallest absolute Gasteiger partial charge is 0.254 e. The molecule has 1 aliphatic rings. The number of sulfonamides is 1. The van der Waals surface area contributed by atoms with Crippen molar-refractivity contribution in [2.75, 3.05) is 19.6 Å². The van der Waals surface area contributed by atoms with Gasteiger partial charge in [-0.05, 0) is 49.4 Å².